The number of methoxy groups -OCH3 is 2. The van der Waals surface area contributed by atoms with Gasteiger partial charge < -0.3 is 24.8 Å². The second-order valence-corrected chi connectivity index (χ2v) is 5.60. The summed E-state index contributed by atoms with van der Waals surface area (Å²) in [4.78, 5) is 28.8. The van der Waals surface area contributed by atoms with Crippen LogP contribution in [0.25, 0.3) is 11.0 Å². The lowest BCUT2D eigenvalue weighted by molar-refractivity contribution is -0.120. The van der Waals surface area contributed by atoms with E-state index in [1.165, 1.54) is 0 Å². The Morgan fingerprint density at radius 2 is 1.68 bits per heavy atom. The van der Waals surface area contributed by atoms with E-state index in [9.17, 15) is 9.59 Å². The second-order valence-electron chi connectivity index (χ2n) is 5.60. The average Bonchev–Trinajstić information content (AvgIpc) is 2.99. The number of nitrogens with one attached hydrogen (secondary N) is 3. The van der Waals surface area contributed by atoms with Gasteiger partial charge in [0, 0.05) is 6.54 Å². The molecular formula is C18H19N3O4. The number of carbonyl (C=O) groups excluding carboxylic acids is 1. The maximum absolute atomic E-state index is 12.2. The van der Waals surface area contributed by atoms with Crippen molar-refractivity contribution in [3.63, 3.8) is 0 Å². The SMILES string of the molecule is COc1ccc(CC(=O)NCc2ccc3[nH]c(=O)[nH]c3c2)cc1OC. The molecule has 3 rings (SSSR count). The van der Waals surface area contributed by atoms with E-state index in [0.29, 0.717) is 18.0 Å². The summed E-state index contributed by atoms with van der Waals surface area (Å²) >= 11 is 0. The fraction of sp³-hybridized carbons (Fsp3) is 0.222. The molecule has 3 aromatic rings. The molecular weight excluding hydrogens is 322 g/mol. The zero-order valence-corrected chi connectivity index (χ0v) is 14.0. The summed E-state index contributed by atoms with van der Waals surface area (Å²) in [5.41, 5.74) is 2.95. The lowest BCUT2D eigenvalue weighted by Gasteiger charge is -2.10. The number of hydrogen-bond acceptors (Lipinski definition) is 4. The summed E-state index contributed by atoms with van der Waals surface area (Å²) in [7, 11) is 3.13. The van der Waals surface area contributed by atoms with Crippen molar-refractivity contribution in [3.8, 4) is 11.5 Å². The minimum Gasteiger partial charge on any atom is -0.493 e. The number of H-pyrrole nitrogens is 2. The zero-order chi connectivity index (χ0) is 17.8. The largest absolute Gasteiger partial charge is 0.493 e. The molecule has 7 nitrogen and oxygen atoms in total. The van der Waals surface area contributed by atoms with Crippen molar-refractivity contribution in [1.82, 2.24) is 15.3 Å². The molecule has 1 aromatic heterocycles. The molecule has 3 N–H and O–H groups in total. The highest BCUT2D eigenvalue weighted by Gasteiger charge is 2.09. The molecule has 0 radical (unpaired) electrons. The number of aromatic nitrogens is 2. The van der Waals surface area contributed by atoms with Gasteiger partial charge in [0.1, 0.15) is 0 Å². The van der Waals surface area contributed by atoms with Gasteiger partial charge in [0.25, 0.3) is 0 Å². The van der Waals surface area contributed by atoms with E-state index in [1.807, 2.05) is 24.3 Å². The number of hydrogen-bond donors (Lipinski definition) is 3. The Labute approximate surface area is 144 Å². The van der Waals surface area contributed by atoms with Crippen LogP contribution >= 0.6 is 0 Å². The van der Waals surface area contributed by atoms with Gasteiger partial charge in [0.05, 0.1) is 31.7 Å². The van der Waals surface area contributed by atoms with Gasteiger partial charge in [-0.05, 0) is 35.4 Å². The Kier molecular flexibility index (Phi) is 4.74. The highest BCUT2D eigenvalue weighted by Crippen LogP contribution is 2.27. The van der Waals surface area contributed by atoms with E-state index >= 15 is 0 Å². The fourth-order valence-electron chi connectivity index (χ4n) is 2.63. The van der Waals surface area contributed by atoms with Crippen LogP contribution in [-0.4, -0.2) is 30.1 Å². The molecule has 25 heavy (non-hydrogen) atoms. The summed E-state index contributed by atoms with van der Waals surface area (Å²) < 4.78 is 10.4. The highest BCUT2D eigenvalue weighted by atomic mass is 16.5. The van der Waals surface area contributed by atoms with E-state index in [0.717, 1.165) is 22.2 Å². The molecule has 2 aromatic carbocycles. The van der Waals surface area contributed by atoms with Crippen LogP contribution in [0, 0.1) is 0 Å². The van der Waals surface area contributed by atoms with Gasteiger partial charge in [-0.1, -0.05) is 12.1 Å². The maximum Gasteiger partial charge on any atom is 0.323 e. The van der Waals surface area contributed by atoms with Crippen LogP contribution in [0.4, 0.5) is 0 Å². The minimum absolute atomic E-state index is 0.102. The first-order valence-electron chi connectivity index (χ1n) is 7.77. The van der Waals surface area contributed by atoms with Crippen molar-refractivity contribution in [2.45, 2.75) is 13.0 Å². The minimum atomic E-state index is -0.246. The Hall–Kier alpha value is -3.22. The van der Waals surface area contributed by atoms with Gasteiger partial charge in [-0.15, -0.1) is 0 Å². The van der Waals surface area contributed by atoms with Gasteiger partial charge in [-0.2, -0.15) is 0 Å². The summed E-state index contributed by atoms with van der Waals surface area (Å²) in [6, 6.07) is 10.9. The molecule has 0 unspecified atom stereocenters. The third-order valence-corrected chi connectivity index (χ3v) is 3.88. The average molecular weight is 341 g/mol. The maximum atomic E-state index is 12.2. The molecule has 1 amide bonds. The van der Waals surface area contributed by atoms with Crippen LogP contribution in [-0.2, 0) is 17.8 Å². The smallest absolute Gasteiger partial charge is 0.323 e. The molecule has 0 aliphatic heterocycles. The van der Waals surface area contributed by atoms with E-state index in [1.54, 1.807) is 26.4 Å². The quantitative estimate of drug-likeness (QED) is 0.636. The predicted molar refractivity (Wildman–Crippen MR) is 94.0 cm³/mol. The number of amides is 1. The number of aromatic amines is 2. The molecule has 0 atom stereocenters. The number of carbonyl (C=O) groups is 1. The van der Waals surface area contributed by atoms with E-state index in [4.69, 9.17) is 9.47 Å². The molecule has 130 valence electrons. The number of fused-ring (bicyclic) bond motifs is 1. The first-order chi connectivity index (χ1) is 12.1. The summed E-state index contributed by atoms with van der Waals surface area (Å²) in [6.07, 6.45) is 0.240. The van der Waals surface area contributed by atoms with Gasteiger partial charge >= 0.3 is 5.69 Å². The molecule has 0 saturated carbocycles. The van der Waals surface area contributed by atoms with Gasteiger partial charge in [-0.3, -0.25) is 4.79 Å². The normalized spacial score (nSPS) is 10.6. The first-order valence-corrected chi connectivity index (χ1v) is 7.77. The number of benzene rings is 2. The fourth-order valence-corrected chi connectivity index (χ4v) is 2.63. The molecule has 1 heterocycles. The van der Waals surface area contributed by atoms with Crippen LogP contribution < -0.4 is 20.5 Å². The Balaban J connectivity index is 1.63. The van der Waals surface area contributed by atoms with Gasteiger partial charge in [-0.25, -0.2) is 4.79 Å². The van der Waals surface area contributed by atoms with Crippen molar-refractivity contribution >= 4 is 16.9 Å². The Morgan fingerprint density at radius 3 is 2.44 bits per heavy atom. The Bertz CT molecular complexity index is 958. The molecule has 0 aliphatic rings. The molecule has 0 saturated heterocycles. The molecule has 0 aliphatic carbocycles. The molecule has 0 bridgehead atoms. The number of imidazole rings is 1. The van der Waals surface area contributed by atoms with Gasteiger partial charge in [0.15, 0.2) is 11.5 Å². The standard InChI is InChI=1S/C18H19N3O4/c1-24-15-6-4-11(8-16(15)25-2)9-17(22)19-10-12-3-5-13-14(7-12)21-18(23)20-13/h3-8H,9-10H2,1-2H3,(H,19,22)(H2,20,21,23). The van der Waals surface area contributed by atoms with Crippen LogP contribution in [0.3, 0.4) is 0 Å². The van der Waals surface area contributed by atoms with Crippen molar-refractivity contribution in [2.24, 2.45) is 0 Å². The molecule has 7 heteroatoms. The Morgan fingerprint density at radius 1 is 0.960 bits per heavy atom. The first kappa shape index (κ1) is 16.6. The second kappa shape index (κ2) is 7.12. The highest BCUT2D eigenvalue weighted by molar-refractivity contribution is 5.79. The van der Waals surface area contributed by atoms with Crippen molar-refractivity contribution in [1.29, 1.82) is 0 Å². The van der Waals surface area contributed by atoms with Gasteiger partial charge in [0.2, 0.25) is 5.91 Å². The third-order valence-electron chi connectivity index (χ3n) is 3.88. The topological polar surface area (TPSA) is 96.2 Å². The van der Waals surface area contributed by atoms with Crippen molar-refractivity contribution < 1.29 is 14.3 Å². The van der Waals surface area contributed by atoms with Crippen LogP contribution in [0.15, 0.2) is 41.2 Å². The molecule has 0 fully saturated rings. The molecule has 0 spiro atoms. The summed E-state index contributed by atoms with van der Waals surface area (Å²) in [6.45, 7) is 0.384. The monoisotopic (exact) mass is 341 g/mol. The third kappa shape index (κ3) is 3.82. The summed E-state index contributed by atoms with van der Waals surface area (Å²) in [5.74, 6) is 1.12. The zero-order valence-electron chi connectivity index (χ0n) is 14.0. The van der Waals surface area contributed by atoms with Crippen LogP contribution in [0.2, 0.25) is 0 Å². The van der Waals surface area contributed by atoms with E-state index < -0.39 is 0 Å². The number of rotatable bonds is 6. The summed E-state index contributed by atoms with van der Waals surface area (Å²) in [5, 5.41) is 2.87. The van der Waals surface area contributed by atoms with E-state index in [2.05, 4.69) is 15.3 Å². The van der Waals surface area contributed by atoms with E-state index in [-0.39, 0.29) is 18.0 Å². The van der Waals surface area contributed by atoms with Crippen LogP contribution in [0.5, 0.6) is 11.5 Å². The number of ether oxygens (including phenoxy) is 2. The van der Waals surface area contributed by atoms with Crippen molar-refractivity contribution in [2.75, 3.05) is 14.2 Å². The van der Waals surface area contributed by atoms with Crippen molar-refractivity contribution in [3.05, 3.63) is 58.0 Å². The predicted octanol–water partition coefficient (Wildman–Crippen LogP) is 1.73. The van der Waals surface area contributed by atoms with Crippen LogP contribution in [0.1, 0.15) is 11.1 Å². The lowest BCUT2D eigenvalue weighted by atomic mass is 10.1. The lowest BCUT2D eigenvalue weighted by Crippen LogP contribution is -2.24.